The summed E-state index contributed by atoms with van der Waals surface area (Å²) in [5, 5.41) is 3.43. The molecule has 0 aliphatic heterocycles. The number of benzene rings is 2. The molecule has 94 valence electrons. The fraction of sp³-hybridized carbons (Fsp3) is 0.294. The number of hydrogen-bond acceptors (Lipinski definition) is 1. The molecule has 2 aromatic rings. The maximum absolute atomic E-state index is 3.43. The van der Waals surface area contributed by atoms with Crippen molar-refractivity contribution in [3.8, 4) is 11.1 Å². The van der Waals surface area contributed by atoms with E-state index in [2.05, 4.69) is 74.6 Å². The van der Waals surface area contributed by atoms with Gasteiger partial charge in [-0.05, 0) is 23.6 Å². The zero-order valence-electron chi connectivity index (χ0n) is 11.4. The molecule has 18 heavy (non-hydrogen) atoms. The van der Waals surface area contributed by atoms with Gasteiger partial charge in [-0.3, -0.25) is 0 Å². The van der Waals surface area contributed by atoms with Crippen molar-refractivity contribution in [3.63, 3.8) is 0 Å². The maximum atomic E-state index is 3.43. The first-order valence-corrected chi connectivity index (χ1v) is 6.54. The third-order valence-electron chi connectivity index (χ3n) is 3.05. The first-order chi connectivity index (χ1) is 8.65. The second-order valence-electron chi connectivity index (χ2n) is 5.10. The number of nitrogens with one attached hydrogen (secondary N) is 1. The average molecular weight is 239 g/mol. The molecule has 0 unspecified atom stereocenters. The fourth-order valence-corrected chi connectivity index (χ4v) is 1.88. The highest BCUT2D eigenvalue weighted by Crippen LogP contribution is 2.20. The Balaban J connectivity index is 2.09. The van der Waals surface area contributed by atoms with E-state index in [0.29, 0.717) is 6.04 Å². The van der Waals surface area contributed by atoms with Crippen molar-refractivity contribution >= 4 is 0 Å². The van der Waals surface area contributed by atoms with Crippen molar-refractivity contribution in [1.29, 1.82) is 0 Å². The van der Waals surface area contributed by atoms with Gasteiger partial charge in [0.2, 0.25) is 0 Å². The molecule has 1 heteroatoms. The molecular weight excluding hydrogens is 218 g/mol. The molecule has 0 aliphatic carbocycles. The lowest BCUT2D eigenvalue weighted by atomic mass is 10.0. The molecule has 0 amide bonds. The van der Waals surface area contributed by atoms with Crippen molar-refractivity contribution in [3.05, 3.63) is 59.7 Å². The van der Waals surface area contributed by atoms with E-state index in [1.54, 1.807) is 0 Å². The zero-order valence-corrected chi connectivity index (χ0v) is 11.4. The highest BCUT2D eigenvalue weighted by Gasteiger charge is 1.99. The molecule has 0 spiro atoms. The van der Waals surface area contributed by atoms with E-state index in [4.69, 9.17) is 0 Å². The molecule has 2 aromatic carbocycles. The zero-order chi connectivity index (χ0) is 13.0. The summed E-state index contributed by atoms with van der Waals surface area (Å²) in [5.41, 5.74) is 5.20. The number of rotatable bonds is 4. The van der Waals surface area contributed by atoms with Gasteiger partial charge in [0, 0.05) is 12.6 Å². The van der Waals surface area contributed by atoms with E-state index in [-0.39, 0.29) is 0 Å². The molecule has 0 heterocycles. The van der Waals surface area contributed by atoms with Crippen LogP contribution in [0.3, 0.4) is 0 Å². The molecule has 0 saturated carbocycles. The molecule has 0 radical (unpaired) electrons. The van der Waals surface area contributed by atoms with Crippen LogP contribution in [0.5, 0.6) is 0 Å². The molecule has 1 N–H and O–H groups in total. The smallest absolute Gasteiger partial charge is 0.0207 e. The molecule has 1 nitrogen and oxygen atoms in total. The number of hydrogen-bond donors (Lipinski definition) is 1. The molecule has 0 atom stereocenters. The Labute approximate surface area is 110 Å². The summed E-state index contributed by atoms with van der Waals surface area (Å²) >= 11 is 0. The lowest BCUT2D eigenvalue weighted by Gasteiger charge is -2.09. The van der Waals surface area contributed by atoms with Gasteiger partial charge in [-0.1, -0.05) is 67.9 Å². The number of aryl methyl sites for hydroxylation is 1. The van der Waals surface area contributed by atoms with Crippen LogP contribution in [0.1, 0.15) is 25.0 Å². The first kappa shape index (κ1) is 12.8. The maximum Gasteiger partial charge on any atom is 0.0207 e. The van der Waals surface area contributed by atoms with Crippen LogP contribution in [0, 0.1) is 6.92 Å². The lowest BCUT2D eigenvalue weighted by Crippen LogP contribution is -2.21. The van der Waals surface area contributed by atoms with Crippen LogP contribution in [0.2, 0.25) is 0 Å². The van der Waals surface area contributed by atoms with Crippen molar-refractivity contribution < 1.29 is 0 Å². The SMILES string of the molecule is Cc1ccc(-c2ccc(CNC(C)C)cc2)cc1. The summed E-state index contributed by atoms with van der Waals surface area (Å²) in [6, 6.07) is 18.0. The second-order valence-corrected chi connectivity index (χ2v) is 5.10. The van der Waals surface area contributed by atoms with E-state index in [9.17, 15) is 0 Å². The highest BCUT2D eigenvalue weighted by atomic mass is 14.9. The summed E-state index contributed by atoms with van der Waals surface area (Å²) in [6.45, 7) is 7.39. The van der Waals surface area contributed by atoms with Gasteiger partial charge < -0.3 is 5.32 Å². The molecule has 2 rings (SSSR count). The van der Waals surface area contributed by atoms with Crippen LogP contribution in [0.15, 0.2) is 48.5 Å². The highest BCUT2D eigenvalue weighted by molar-refractivity contribution is 5.63. The molecular formula is C17H21N. The van der Waals surface area contributed by atoms with Gasteiger partial charge in [-0.2, -0.15) is 0 Å². The van der Waals surface area contributed by atoms with E-state index in [1.807, 2.05) is 0 Å². The fourth-order valence-electron chi connectivity index (χ4n) is 1.88. The summed E-state index contributed by atoms with van der Waals surface area (Å²) in [4.78, 5) is 0. The first-order valence-electron chi connectivity index (χ1n) is 6.54. The van der Waals surface area contributed by atoms with Crippen molar-refractivity contribution in [2.45, 2.75) is 33.4 Å². The van der Waals surface area contributed by atoms with Gasteiger partial charge in [-0.25, -0.2) is 0 Å². The summed E-state index contributed by atoms with van der Waals surface area (Å²) < 4.78 is 0. The summed E-state index contributed by atoms with van der Waals surface area (Å²) in [7, 11) is 0. The topological polar surface area (TPSA) is 12.0 Å². The van der Waals surface area contributed by atoms with Gasteiger partial charge in [0.15, 0.2) is 0 Å². The third-order valence-corrected chi connectivity index (χ3v) is 3.05. The van der Waals surface area contributed by atoms with Gasteiger partial charge in [0.1, 0.15) is 0 Å². The van der Waals surface area contributed by atoms with Crippen molar-refractivity contribution in [1.82, 2.24) is 5.32 Å². The monoisotopic (exact) mass is 239 g/mol. The largest absolute Gasteiger partial charge is 0.310 e. The van der Waals surface area contributed by atoms with Crippen molar-refractivity contribution in [2.24, 2.45) is 0 Å². The Bertz CT molecular complexity index is 480. The van der Waals surface area contributed by atoms with Crippen LogP contribution in [-0.2, 0) is 6.54 Å². The minimum absolute atomic E-state index is 0.529. The van der Waals surface area contributed by atoms with Gasteiger partial charge in [-0.15, -0.1) is 0 Å². The Hall–Kier alpha value is -1.60. The van der Waals surface area contributed by atoms with Crippen LogP contribution in [-0.4, -0.2) is 6.04 Å². The Kier molecular flexibility index (Phi) is 4.16. The van der Waals surface area contributed by atoms with E-state index >= 15 is 0 Å². The van der Waals surface area contributed by atoms with Crippen molar-refractivity contribution in [2.75, 3.05) is 0 Å². The van der Waals surface area contributed by atoms with Gasteiger partial charge >= 0.3 is 0 Å². The Morgan fingerprint density at radius 3 is 1.83 bits per heavy atom. The van der Waals surface area contributed by atoms with E-state index in [0.717, 1.165) is 6.54 Å². The minimum atomic E-state index is 0.529. The summed E-state index contributed by atoms with van der Waals surface area (Å²) in [5.74, 6) is 0. The molecule has 0 aromatic heterocycles. The third kappa shape index (κ3) is 3.44. The second kappa shape index (κ2) is 5.83. The quantitative estimate of drug-likeness (QED) is 0.844. The van der Waals surface area contributed by atoms with Gasteiger partial charge in [0.05, 0.1) is 0 Å². The lowest BCUT2D eigenvalue weighted by molar-refractivity contribution is 0.589. The van der Waals surface area contributed by atoms with E-state index < -0.39 is 0 Å². The minimum Gasteiger partial charge on any atom is -0.310 e. The normalized spacial score (nSPS) is 10.9. The van der Waals surface area contributed by atoms with E-state index in [1.165, 1.54) is 22.3 Å². The predicted octanol–water partition coefficient (Wildman–Crippen LogP) is 4.16. The average Bonchev–Trinajstić information content (AvgIpc) is 2.38. The van der Waals surface area contributed by atoms with Crippen LogP contribution in [0.4, 0.5) is 0 Å². The molecule has 0 saturated heterocycles. The predicted molar refractivity (Wildman–Crippen MR) is 78.6 cm³/mol. The van der Waals surface area contributed by atoms with Gasteiger partial charge in [0.25, 0.3) is 0 Å². The summed E-state index contributed by atoms with van der Waals surface area (Å²) in [6.07, 6.45) is 0. The van der Waals surface area contributed by atoms with Crippen LogP contribution in [0.25, 0.3) is 11.1 Å². The molecule has 0 fully saturated rings. The Morgan fingerprint density at radius 1 is 0.833 bits per heavy atom. The Morgan fingerprint density at radius 2 is 1.33 bits per heavy atom. The van der Waals surface area contributed by atoms with Crippen LogP contribution < -0.4 is 5.32 Å². The standard InChI is InChI=1S/C17H21N/c1-13(2)18-12-15-6-10-17(11-7-15)16-8-4-14(3)5-9-16/h4-11,13,18H,12H2,1-3H3. The van der Waals surface area contributed by atoms with Crippen LogP contribution >= 0.6 is 0 Å². The molecule has 0 aliphatic rings. The molecule has 0 bridgehead atoms.